The molecule has 0 unspecified atom stereocenters. The third-order valence-electron chi connectivity index (χ3n) is 5.05. The Morgan fingerprint density at radius 2 is 1.88 bits per heavy atom. The van der Waals surface area contributed by atoms with Crippen LogP contribution >= 0.6 is 0 Å². The number of amides is 2. The number of halogens is 3. The molecule has 1 aliphatic rings. The quantitative estimate of drug-likeness (QED) is 0.601. The van der Waals surface area contributed by atoms with Crippen LogP contribution in [0.15, 0.2) is 23.0 Å². The van der Waals surface area contributed by atoms with E-state index in [1.807, 2.05) is 4.90 Å². The summed E-state index contributed by atoms with van der Waals surface area (Å²) < 4.78 is 44.5. The minimum atomic E-state index is -4.62. The fraction of sp³-hybridized carbons (Fsp3) is 0.429. The molecule has 9 nitrogen and oxygen atoms in total. The summed E-state index contributed by atoms with van der Waals surface area (Å²) in [6.45, 7) is 5.11. The predicted molar refractivity (Wildman–Crippen MR) is 115 cm³/mol. The standard InChI is InChI=1S/C21H24F3N5O4/c1-12-15(19(32)28-20(25-12)29-7-9-33-10-8-29)4-6-18(31)27-17-11-14(21(22,23)24)3-5-16(17)26-13(2)30/h3,5,11H,4,6-10H2,1-2H3,(H,26,30)(H,27,31)(H,25,28,32). The van der Waals surface area contributed by atoms with Crippen LogP contribution in [0.3, 0.4) is 0 Å². The highest BCUT2D eigenvalue weighted by molar-refractivity contribution is 5.99. The normalized spacial score (nSPS) is 14.2. The summed E-state index contributed by atoms with van der Waals surface area (Å²) in [6.07, 6.45) is -4.75. The molecule has 0 atom stereocenters. The van der Waals surface area contributed by atoms with E-state index in [1.165, 1.54) is 6.92 Å². The van der Waals surface area contributed by atoms with Crippen molar-refractivity contribution in [1.29, 1.82) is 0 Å². The Morgan fingerprint density at radius 1 is 1.18 bits per heavy atom. The monoisotopic (exact) mass is 467 g/mol. The zero-order valence-electron chi connectivity index (χ0n) is 18.1. The molecule has 0 bridgehead atoms. The van der Waals surface area contributed by atoms with E-state index in [1.54, 1.807) is 6.92 Å². The van der Waals surface area contributed by atoms with Crippen LogP contribution in [-0.2, 0) is 26.9 Å². The molecule has 2 heterocycles. The SMILES string of the molecule is CC(=O)Nc1ccc(C(F)(F)F)cc1NC(=O)CCc1c(C)nc(N2CCOCC2)[nH]c1=O. The van der Waals surface area contributed by atoms with Crippen LogP contribution in [0.5, 0.6) is 0 Å². The number of morpholine rings is 1. The Hall–Kier alpha value is -3.41. The van der Waals surface area contributed by atoms with Crippen molar-refractivity contribution in [3.63, 3.8) is 0 Å². The summed E-state index contributed by atoms with van der Waals surface area (Å²) >= 11 is 0. The summed E-state index contributed by atoms with van der Waals surface area (Å²) in [5, 5.41) is 4.78. The molecule has 1 aliphatic heterocycles. The van der Waals surface area contributed by atoms with Crippen LogP contribution < -0.4 is 21.1 Å². The Balaban J connectivity index is 1.72. The van der Waals surface area contributed by atoms with Crippen LogP contribution in [-0.4, -0.2) is 48.1 Å². The molecular formula is C21H24F3N5O4. The second-order valence-electron chi connectivity index (χ2n) is 7.54. The Morgan fingerprint density at radius 3 is 2.48 bits per heavy atom. The molecule has 1 saturated heterocycles. The highest BCUT2D eigenvalue weighted by Crippen LogP contribution is 2.34. The Bertz CT molecular complexity index is 1090. The number of nitrogens with one attached hydrogen (secondary N) is 3. The van der Waals surface area contributed by atoms with Gasteiger partial charge < -0.3 is 20.3 Å². The number of benzene rings is 1. The Labute approximate surface area is 187 Å². The lowest BCUT2D eigenvalue weighted by molar-refractivity contribution is -0.137. The molecule has 0 saturated carbocycles. The van der Waals surface area contributed by atoms with E-state index in [9.17, 15) is 27.6 Å². The zero-order valence-corrected chi connectivity index (χ0v) is 18.1. The number of H-pyrrole nitrogens is 1. The summed E-state index contributed by atoms with van der Waals surface area (Å²) in [5.74, 6) is -0.686. The van der Waals surface area contributed by atoms with E-state index >= 15 is 0 Å². The molecule has 0 radical (unpaired) electrons. The number of aromatic nitrogens is 2. The van der Waals surface area contributed by atoms with E-state index < -0.39 is 23.6 Å². The minimum absolute atomic E-state index is 0.0365. The highest BCUT2D eigenvalue weighted by Gasteiger charge is 2.31. The summed E-state index contributed by atoms with van der Waals surface area (Å²) in [4.78, 5) is 45.4. The fourth-order valence-corrected chi connectivity index (χ4v) is 3.39. The van der Waals surface area contributed by atoms with Gasteiger partial charge in [-0.1, -0.05) is 0 Å². The van der Waals surface area contributed by atoms with Crippen LogP contribution in [0, 0.1) is 6.92 Å². The van der Waals surface area contributed by atoms with Crippen LogP contribution in [0.25, 0.3) is 0 Å². The summed E-state index contributed by atoms with van der Waals surface area (Å²) in [5.41, 5.74) is -0.720. The average Bonchev–Trinajstić information content (AvgIpc) is 2.73. The van der Waals surface area contributed by atoms with Gasteiger partial charge in [-0.25, -0.2) is 4.98 Å². The van der Waals surface area contributed by atoms with Crippen LogP contribution in [0.2, 0.25) is 0 Å². The number of anilines is 3. The van der Waals surface area contributed by atoms with Crippen molar-refractivity contribution < 1.29 is 27.5 Å². The number of hydrogen-bond acceptors (Lipinski definition) is 6. The fourth-order valence-electron chi connectivity index (χ4n) is 3.39. The van der Waals surface area contributed by atoms with E-state index in [0.29, 0.717) is 43.5 Å². The molecule has 3 rings (SSSR count). The topological polar surface area (TPSA) is 116 Å². The van der Waals surface area contributed by atoms with E-state index in [2.05, 4.69) is 20.6 Å². The van der Waals surface area contributed by atoms with Crippen LogP contribution in [0.1, 0.15) is 30.2 Å². The highest BCUT2D eigenvalue weighted by atomic mass is 19.4. The van der Waals surface area contributed by atoms with Gasteiger partial charge in [0.2, 0.25) is 17.8 Å². The van der Waals surface area contributed by atoms with Gasteiger partial charge in [-0.3, -0.25) is 19.4 Å². The molecule has 1 aromatic heterocycles. The smallest absolute Gasteiger partial charge is 0.378 e. The summed E-state index contributed by atoms with van der Waals surface area (Å²) in [7, 11) is 0. The number of aryl methyl sites for hydroxylation is 1. The maximum Gasteiger partial charge on any atom is 0.416 e. The van der Waals surface area contributed by atoms with Gasteiger partial charge in [0, 0.05) is 37.7 Å². The number of aromatic amines is 1. The minimum Gasteiger partial charge on any atom is -0.378 e. The number of alkyl halides is 3. The van der Waals surface area contributed by atoms with Crippen molar-refractivity contribution in [3.05, 3.63) is 45.4 Å². The first kappa shape index (κ1) is 24.2. The van der Waals surface area contributed by atoms with Crippen molar-refractivity contribution in [1.82, 2.24) is 9.97 Å². The van der Waals surface area contributed by atoms with Crippen molar-refractivity contribution in [2.45, 2.75) is 32.9 Å². The second kappa shape index (κ2) is 10.0. The molecular weight excluding hydrogens is 443 g/mol. The molecule has 1 aromatic carbocycles. The molecule has 0 spiro atoms. The number of carbonyl (C=O) groups excluding carboxylic acids is 2. The zero-order chi connectivity index (χ0) is 24.2. The van der Waals surface area contributed by atoms with Gasteiger partial charge in [0.15, 0.2) is 0 Å². The van der Waals surface area contributed by atoms with Gasteiger partial charge in [0.05, 0.1) is 30.2 Å². The average molecular weight is 467 g/mol. The van der Waals surface area contributed by atoms with Gasteiger partial charge in [0.25, 0.3) is 5.56 Å². The van der Waals surface area contributed by atoms with Gasteiger partial charge in [-0.2, -0.15) is 13.2 Å². The molecule has 33 heavy (non-hydrogen) atoms. The van der Waals surface area contributed by atoms with Crippen molar-refractivity contribution in [3.8, 4) is 0 Å². The lowest BCUT2D eigenvalue weighted by Crippen LogP contribution is -2.38. The Kier molecular flexibility index (Phi) is 7.36. The van der Waals surface area contributed by atoms with Gasteiger partial charge in [-0.15, -0.1) is 0 Å². The molecule has 1 fully saturated rings. The van der Waals surface area contributed by atoms with Gasteiger partial charge >= 0.3 is 6.18 Å². The van der Waals surface area contributed by atoms with Crippen LogP contribution in [0.4, 0.5) is 30.5 Å². The lowest BCUT2D eigenvalue weighted by Gasteiger charge is -2.27. The molecule has 178 valence electrons. The number of ether oxygens (including phenoxy) is 1. The molecule has 3 N–H and O–H groups in total. The molecule has 12 heteroatoms. The number of nitrogens with zero attached hydrogens (tertiary/aromatic N) is 2. The molecule has 2 amide bonds. The third-order valence-corrected chi connectivity index (χ3v) is 5.05. The van der Waals surface area contributed by atoms with Crippen molar-refractivity contribution in [2.24, 2.45) is 0 Å². The van der Waals surface area contributed by atoms with Crippen molar-refractivity contribution in [2.75, 3.05) is 41.8 Å². The first-order chi connectivity index (χ1) is 15.5. The first-order valence-electron chi connectivity index (χ1n) is 10.3. The van der Waals surface area contributed by atoms with E-state index in [-0.39, 0.29) is 29.8 Å². The van der Waals surface area contributed by atoms with E-state index in [0.717, 1.165) is 18.2 Å². The van der Waals surface area contributed by atoms with E-state index in [4.69, 9.17) is 4.74 Å². The molecule has 0 aliphatic carbocycles. The summed E-state index contributed by atoms with van der Waals surface area (Å²) in [6, 6.07) is 2.63. The predicted octanol–water partition coefficient (Wildman–Crippen LogP) is 2.46. The third kappa shape index (κ3) is 6.31. The maximum absolute atomic E-state index is 13.1. The van der Waals surface area contributed by atoms with Crippen molar-refractivity contribution >= 4 is 29.1 Å². The van der Waals surface area contributed by atoms with Gasteiger partial charge in [-0.05, 0) is 31.5 Å². The van der Waals surface area contributed by atoms with Gasteiger partial charge in [0.1, 0.15) is 0 Å². The number of carbonyl (C=O) groups is 2. The number of rotatable bonds is 6. The molecule has 2 aromatic rings. The first-order valence-corrected chi connectivity index (χ1v) is 10.3. The largest absolute Gasteiger partial charge is 0.416 e. The second-order valence-corrected chi connectivity index (χ2v) is 7.54. The maximum atomic E-state index is 13.1. The lowest BCUT2D eigenvalue weighted by atomic mass is 10.1. The number of hydrogen-bond donors (Lipinski definition) is 3.